The predicted molar refractivity (Wildman–Crippen MR) is 93.6 cm³/mol. The van der Waals surface area contributed by atoms with Crippen molar-refractivity contribution in [1.29, 1.82) is 0 Å². The number of rotatable bonds is 5. The second-order valence-electron chi connectivity index (χ2n) is 5.90. The van der Waals surface area contributed by atoms with Crippen molar-refractivity contribution >= 4 is 17.4 Å². The molecule has 0 unspecified atom stereocenters. The molecule has 5 heteroatoms. The Balaban J connectivity index is 2.07. The summed E-state index contributed by atoms with van der Waals surface area (Å²) in [6.07, 6.45) is 0. The first-order valence-electron chi connectivity index (χ1n) is 8.14. The van der Waals surface area contributed by atoms with Gasteiger partial charge in [-0.15, -0.1) is 0 Å². The summed E-state index contributed by atoms with van der Waals surface area (Å²) in [6, 6.07) is 15.4. The van der Waals surface area contributed by atoms with Crippen LogP contribution in [0.15, 0.2) is 60.3 Å². The van der Waals surface area contributed by atoms with Crippen LogP contribution in [0.3, 0.4) is 0 Å². The van der Waals surface area contributed by atoms with Crippen LogP contribution >= 0.6 is 0 Å². The standard InChI is InChI=1S/C20H19FN2O2/c1-3-23(13-14-7-5-4-6-8-14)18-17(19(24)22(2)20(18)25)15-9-11-16(21)12-10-15/h4-12H,3,13H2,1-2H3. The quantitative estimate of drug-likeness (QED) is 0.787. The summed E-state index contributed by atoms with van der Waals surface area (Å²) in [5.41, 5.74) is 2.28. The molecule has 0 saturated carbocycles. The van der Waals surface area contributed by atoms with Gasteiger partial charge >= 0.3 is 0 Å². The Hall–Kier alpha value is -2.95. The van der Waals surface area contributed by atoms with Gasteiger partial charge < -0.3 is 4.90 Å². The largest absolute Gasteiger partial charge is 0.362 e. The first-order chi connectivity index (χ1) is 12.0. The van der Waals surface area contributed by atoms with E-state index in [0.717, 1.165) is 10.5 Å². The molecule has 128 valence electrons. The van der Waals surface area contributed by atoms with Gasteiger partial charge in [-0.2, -0.15) is 0 Å². The Morgan fingerprint density at radius 3 is 2.20 bits per heavy atom. The molecule has 0 fully saturated rings. The van der Waals surface area contributed by atoms with Gasteiger partial charge in [-0.05, 0) is 30.2 Å². The van der Waals surface area contributed by atoms with Crippen LogP contribution in [0.25, 0.3) is 5.57 Å². The van der Waals surface area contributed by atoms with Crippen molar-refractivity contribution in [2.24, 2.45) is 0 Å². The molecule has 2 aromatic rings. The molecular weight excluding hydrogens is 319 g/mol. The van der Waals surface area contributed by atoms with Gasteiger partial charge in [0, 0.05) is 20.1 Å². The minimum absolute atomic E-state index is 0.324. The highest BCUT2D eigenvalue weighted by Crippen LogP contribution is 2.31. The summed E-state index contributed by atoms with van der Waals surface area (Å²) in [4.78, 5) is 28.3. The summed E-state index contributed by atoms with van der Waals surface area (Å²) < 4.78 is 13.2. The molecular formula is C20H19FN2O2. The molecule has 4 nitrogen and oxygen atoms in total. The zero-order valence-corrected chi connectivity index (χ0v) is 14.2. The smallest absolute Gasteiger partial charge is 0.277 e. The fourth-order valence-electron chi connectivity index (χ4n) is 2.95. The van der Waals surface area contributed by atoms with Crippen molar-refractivity contribution in [3.05, 3.63) is 77.2 Å². The number of carbonyl (C=O) groups excluding carboxylic acids is 2. The topological polar surface area (TPSA) is 40.6 Å². The van der Waals surface area contributed by atoms with Crippen LogP contribution in [0, 0.1) is 5.82 Å². The van der Waals surface area contributed by atoms with E-state index in [2.05, 4.69) is 0 Å². The SMILES string of the molecule is CCN(Cc1ccccc1)C1=C(c2ccc(F)cc2)C(=O)N(C)C1=O. The second kappa shape index (κ2) is 6.89. The summed E-state index contributed by atoms with van der Waals surface area (Å²) in [5, 5.41) is 0. The van der Waals surface area contributed by atoms with Gasteiger partial charge in [0.25, 0.3) is 11.8 Å². The fraction of sp³-hybridized carbons (Fsp3) is 0.200. The van der Waals surface area contributed by atoms with E-state index in [0.29, 0.717) is 29.9 Å². The number of carbonyl (C=O) groups is 2. The average molecular weight is 338 g/mol. The van der Waals surface area contributed by atoms with Crippen molar-refractivity contribution in [2.45, 2.75) is 13.5 Å². The van der Waals surface area contributed by atoms with Gasteiger partial charge in [0.1, 0.15) is 11.5 Å². The van der Waals surface area contributed by atoms with Gasteiger partial charge in [-0.25, -0.2) is 4.39 Å². The van der Waals surface area contributed by atoms with Crippen LogP contribution in [-0.4, -0.2) is 35.2 Å². The van der Waals surface area contributed by atoms with E-state index < -0.39 is 0 Å². The normalized spacial score (nSPS) is 14.4. The molecule has 0 radical (unpaired) electrons. The zero-order valence-electron chi connectivity index (χ0n) is 14.2. The second-order valence-corrected chi connectivity index (χ2v) is 5.90. The molecule has 1 heterocycles. The highest BCUT2D eigenvalue weighted by Gasteiger charge is 2.39. The van der Waals surface area contributed by atoms with Crippen molar-refractivity contribution in [3.63, 3.8) is 0 Å². The molecule has 0 aromatic heterocycles. The van der Waals surface area contributed by atoms with E-state index in [1.807, 2.05) is 42.2 Å². The van der Waals surface area contributed by atoms with Gasteiger partial charge in [-0.3, -0.25) is 14.5 Å². The third-order valence-electron chi connectivity index (χ3n) is 4.31. The van der Waals surface area contributed by atoms with Crippen LogP contribution in [-0.2, 0) is 16.1 Å². The van der Waals surface area contributed by atoms with E-state index in [1.54, 1.807) is 0 Å². The number of nitrogens with zero attached hydrogens (tertiary/aromatic N) is 2. The highest BCUT2D eigenvalue weighted by atomic mass is 19.1. The molecule has 0 N–H and O–H groups in total. The third-order valence-corrected chi connectivity index (χ3v) is 4.31. The lowest BCUT2D eigenvalue weighted by Crippen LogP contribution is -2.32. The predicted octanol–water partition coefficient (Wildman–Crippen LogP) is 3.06. The minimum Gasteiger partial charge on any atom is -0.362 e. The van der Waals surface area contributed by atoms with Gasteiger partial charge in [0.05, 0.1) is 5.57 Å². The molecule has 0 aliphatic carbocycles. The molecule has 3 rings (SSSR count). The monoisotopic (exact) mass is 338 g/mol. The number of likely N-dealkylation sites (N-methyl/N-ethyl adjacent to an activating group) is 2. The first kappa shape index (κ1) is 16.9. The zero-order chi connectivity index (χ0) is 18.0. The number of halogens is 1. The third kappa shape index (κ3) is 3.18. The van der Waals surface area contributed by atoms with Crippen LogP contribution in [0.1, 0.15) is 18.1 Å². The lowest BCUT2D eigenvalue weighted by Gasteiger charge is -2.24. The van der Waals surface area contributed by atoms with Crippen molar-refractivity contribution in [2.75, 3.05) is 13.6 Å². The average Bonchev–Trinajstić information content (AvgIpc) is 2.85. The van der Waals surface area contributed by atoms with Crippen molar-refractivity contribution < 1.29 is 14.0 Å². The van der Waals surface area contributed by atoms with E-state index in [4.69, 9.17) is 0 Å². The molecule has 0 bridgehead atoms. The van der Waals surface area contributed by atoms with E-state index >= 15 is 0 Å². The van der Waals surface area contributed by atoms with Gasteiger partial charge in [0.2, 0.25) is 0 Å². The van der Waals surface area contributed by atoms with Gasteiger partial charge in [0.15, 0.2) is 0 Å². The van der Waals surface area contributed by atoms with Gasteiger partial charge in [-0.1, -0.05) is 42.5 Å². The highest BCUT2D eigenvalue weighted by molar-refractivity contribution is 6.35. The molecule has 1 aliphatic heterocycles. The molecule has 0 saturated heterocycles. The maximum atomic E-state index is 13.2. The minimum atomic E-state index is -0.382. The number of benzene rings is 2. The summed E-state index contributed by atoms with van der Waals surface area (Å²) >= 11 is 0. The van der Waals surface area contributed by atoms with E-state index in [1.165, 1.54) is 31.3 Å². The van der Waals surface area contributed by atoms with Crippen LogP contribution in [0.2, 0.25) is 0 Å². The summed E-state index contributed by atoms with van der Waals surface area (Å²) in [5.74, 6) is -1.08. The van der Waals surface area contributed by atoms with Crippen molar-refractivity contribution in [1.82, 2.24) is 9.80 Å². The Kier molecular flexibility index (Phi) is 4.65. The molecule has 0 spiro atoms. The van der Waals surface area contributed by atoms with E-state index in [9.17, 15) is 14.0 Å². The van der Waals surface area contributed by atoms with Crippen LogP contribution < -0.4 is 0 Å². The Labute approximate surface area is 146 Å². The maximum Gasteiger partial charge on any atom is 0.277 e. The number of hydrogen-bond donors (Lipinski definition) is 0. The Morgan fingerprint density at radius 2 is 1.60 bits per heavy atom. The summed E-state index contributed by atoms with van der Waals surface area (Å²) in [7, 11) is 1.47. The Bertz CT molecular complexity index is 829. The number of hydrogen-bond acceptors (Lipinski definition) is 3. The molecule has 2 amide bonds. The van der Waals surface area contributed by atoms with Crippen LogP contribution in [0.4, 0.5) is 4.39 Å². The lowest BCUT2D eigenvalue weighted by molar-refractivity contribution is -0.135. The summed E-state index contributed by atoms with van der Waals surface area (Å²) in [6.45, 7) is 3.03. The lowest BCUT2D eigenvalue weighted by atomic mass is 10.0. The van der Waals surface area contributed by atoms with Crippen molar-refractivity contribution in [3.8, 4) is 0 Å². The maximum absolute atomic E-state index is 13.2. The molecule has 2 aromatic carbocycles. The number of imide groups is 1. The molecule has 25 heavy (non-hydrogen) atoms. The fourth-order valence-corrected chi connectivity index (χ4v) is 2.95. The van der Waals surface area contributed by atoms with Crippen LogP contribution in [0.5, 0.6) is 0 Å². The first-order valence-corrected chi connectivity index (χ1v) is 8.14. The number of amides is 2. The molecule has 0 atom stereocenters. The Morgan fingerprint density at radius 1 is 0.960 bits per heavy atom. The van der Waals surface area contributed by atoms with E-state index in [-0.39, 0.29) is 17.6 Å². The molecule has 1 aliphatic rings.